The number of nitrogens with one attached hydrogen (secondary N) is 1. The number of anilines is 4. The van der Waals surface area contributed by atoms with Crippen molar-refractivity contribution in [3.05, 3.63) is 53.9 Å². The van der Waals surface area contributed by atoms with Crippen LogP contribution in [0.1, 0.15) is 18.4 Å². The van der Waals surface area contributed by atoms with Crippen LogP contribution in [0.15, 0.2) is 47.0 Å². The van der Waals surface area contributed by atoms with E-state index in [2.05, 4.69) is 44.4 Å². The van der Waals surface area contributed by atoms with Crippen molar-refractivity contribution >= 4 is 23.3 Å². The molecule has 0 radical (unpaired) electrons. The van der Waals surface area contributed by atoms with Gasteiger partial charge < -0.3 is 14.7 Å². The number of aryl methyl sites for hydroxylation is 2. The molecule has 2 heterocycles. The van der Waals surface area contributed by atoms with E-state index in [1.165, 1.54) is 0 Å². The quantitative estimate of drug-likeness (QED) is 0.769. The lowest BCUT2D eigenvalue weighted by Crippen LogP contribution is -2.18. The average Bonchev–Trinajstić information content (AvgIpc) is 2.93. The van der Waals surface area contributed by atoms with Gasteiger partial charge in [0.05, 0.1) is 0 Å². The van der Waals surface area contributed by atoms with E-state index in [9.17, 15) is 0 Å². The molecule has 6 nitrogen and oxygen atoms in total. The maximum absolute atomic E-state index is 5.06. The first kappa shape index (κ1) is 15.0. The van der Waals surface area contributed by atoms with Crippen LogP contribution in [-0.4, -0.2) is 21.7 Å². The second-order valence-electron chi connectivity index (χ2n) is 5.22. The Morgan fingerprint density at radius 3 is 2.52 bits per heavy atom. The Bertz CT molecular complexity index is 785. The van der Waals surface area contributed by atoms with E-state index in [0.29, 0.717) is 11.8 Å². The van der Waals surface area contributed by atoms with Gasteiger partial charge in [0.15, 0.2) is 5.82 Å². The molecule has 0 aliphatic heterocycles. The van der Waals surface area contributed by atoms with Crippen molar-refractivity contribution in [2.45, 2.75) is 20.8 Å². The number of benzene rings is 1. The van der Waals surface area contributed by atoms with Crippen molar-refractivity contribution in [3.8, 4) is 0 Å². The minimum absolute atomic E-state index is 0.502. The van der Waals surface area contributed by atoms with Gasteiger partial charge in [-0.1, -0.05) is 23.4 Å². The van der Waals surface area contributed by atoms with Gasteiger partial charge in [-0.2, -0.15) is 4.98 Å². The number of para-hydroxylation sites is 1. The number of hydrogen-bond donors (Lipinski definition) is 1. The van der Waals surface area contributed by atoms with Gasteiger partial charge in [-0.05, 0) is 32.9 Å². The molecular weight excluding hydrogens is 290 g/mol. The molecule has 6 heteroatoms. The maximum Gasteiger partial charge on any atom is 0.230 e. The van der Waals surface area contributed by atoms with E-state index in [4.69, 9.17) is 4.52 Å². The Hall–Kier alpha value is -2.89. The van der Waals surface area contributed by atoms with Crippen molar-refractivity contribution in [1.29, 1.82) is 0 Å². The zero-order chi connectivity index (χ0) is 16.2. The average molecular weight is 309 g/mol. The molecule has 0 amide bonds. The van der Waals surface area contributed by atoms with Gasteiger partial charge in [-0.3, -0.25) is 0 Å². The van der Waals surface area contributed by atoms with Crippen molar-refractivity contribution in [3.63, 3.8) is 0 Å². The molecule has 1 N–H and O–H groups in total. The van der Waals surface area contributed by atoms with Crippen molar-refractivity contribution in [2.75, 3.05) is 16.8 Å². The van der Waals surface area contributed by atoms with E-state index >= 15 is 0 Å². The molecular formula is C17H19N5O. The van der Waals surface area contributed by atoms with Gasteiger partial charge in [0, 0.05) is 30.1 Å². The molecule has 2 aromatic heterocycles. The summed E-state index contributed by atoms with van der Waals surface area (Å²) in [6, 6.07) is 13.9. The van der Waals surface area contributed by atoms with E-state index in [1.54, 1.807) is 6.07 Å². The number of rotatable bonds is 5. The van der Waals surface area contributed by atoms with Crippen LogP contribution in [0.4, 0.5) is 23.3 Å². The third-order valence-electron chi connectivity index (χ3n) is 3.37. The van der Waals surface area contributed by atoms with Crippen LogP contribution in [-0.2, 0) is 0 Å². The van der Waals surface area contributed by atoms with Gasteiger partial charge >= 0.3 is 0 Å². The van der Waals surface area contributed by atoms with Crippen LogP contribution in [0.3, 0.4) is 0 Å². The Labute approximate surface area is 135 Å². The SMILES string of the molecule is CCN(c1ccccc1)c1cc(C)nc(Nc2cc(C)on2)n1. The lowest BCUT2D eigenvalue weighted by molar-refractivity contribution is 0.400. The summed E-state index contributed by atoms with van der Waals surface area (Å²) < 4.78 is 5.06. The van der Waals surface area contributed by atoms with Crippen LogP contribution in [0.2, 0.25) is 0 Å². The largest absolute Gasteiger partial charge is 0.360 e. The molecule has 0 aliphatic rings. The first-order valence-electron chi connectivity index (χ1n) is 7.54. The highest BCUT2D eigenvalue weighted by molar-refractivity contribution is 5.62. The standard InChI is InChI=1S/C17H19N5O/c1-4-22(14-8-6-5-7-9-14)16-10-12(2)18-17(20-16)19-15-11-13(3)23-21-15/h5-11H,4H2,1-3H3,(H,18,19,20,21). The summed E-state index contributed by atoms with van der Waals surface area (Å²) in [6.07, 6.45) is 0. The molecule has 0 atom stereocenters. The smallest absolute Gasteiger partial charge is 0.230 e. The molecule has 1 aromatic carbocycles. The van der Waals surface area contributed by atoms with E-state index in [0.717, 1.165) is 29.5 Å². The first-order chi connectivity index (χ1) is 11.2. The topological polar surface area (TPSA) is 67.1 Å². The number of nitrogens with zero attached hydrogens (tertiary/aromatic N) is 4. The molecule has 0 unspecified atom stereocenters. The molecule has 0 saturated heterocycles. The molecule has 0 saturated carbocycles. The second kappa shape index (κ2) is 6.48. The van der Waals surface area contributed by atoms with Gasteiger partial charge in [0.2, 0.25) is 5.95 Å². The summed E-state index contributed by atoms with van der Waals surface area (Å²) in [5.41, 5.74) is 1.98. The second-order valence-corrected chi connectivity index (χ2v) is 5.22. The van der Waals surface area contributed by atoms with Gasteiger partial charge in [0.1, 0.15) is 11.6 Å². The Morgan fingerprint density at radius 1 is 1.09 bits per heavy atom. The van der Waals surface area contributed by atoms with Gasteiger partial charge in [-0.25, -0.2) is 4.98 Å². The summed E-state index contributed by atoms with van der Waals surface area (Å²) >= 11 is 0. The highest BCUT2D eigenvalue weighted by atomic mass is 16.5. The van der Waals surface area contributed by atoms with Crippen LogP contribution in [0.25, 0.3) is 0 Å². The summed E-state index contributed by atoms with van der Waals surface area (Å²) in [5.74, 6) is 2.68. The predicted molar refractivity (Wildman–Crippen MR) is 90.4 cm³/mol. The first-order valence-corrected chi connectivity index (χ1v) is 7.54. The molecule has 0 aliphatic carbocycles. The lowest BCUT2D eigenvalue weighted by Gasteiger charge is -2.22. The zero-order valence-corrected chi connectivity index (χ0v) is 13.4. The Balaban J connectivity index is 1.93. The summed E-state index contributed by atoms with van der Waals surface area (Å²) in [7, 11) is 0. The van der Waals surface area contributed by atoms with Crippen molar-refractivity contribution < 1.29 is 4.52 Å². The fourth-order valence-electron chi connectivity index (χ4n) is 2.37. The summed E-state index contributed by atoms with van der Waals surface area (Å²) in [6.45, 7) is 6.69. The molecule has 23 heavy (non-hydrogen) atoms. The number of hydrogen-bond acceptors (Lipinski definition) is 6. The van der Waals surface area contributed by atoms with Crippen molar-refractivity contribution in [2.24, 2.45) is 0 Å². The number of aromatic nitrogens is 3. The van der Waals surface area contributed by atoms with Crippen LogP contribution in [0.5, 0.6) is 0 Å². The minimum atomic E-state index is 0.502. The Kier molecular flexibility index (Phi) is 4.23. The minimum Gasteiger partial charge on any atom is -0.360 e. The summed E-state index contributed by atoms with van der Waals surface area (Å²) in [4.78, 5) is 11.2. The molecule has 3 rings (SSSR count). The monoisotopic (exact) mass is 309 g/mol. The maximum atomic E-state index is 5.06. The third-order valence-corrected chi connectivity index (χ3v) is 3.37. The van der Waals surface area contributed by atoms with Crippen LogP contribution >= 0.6 is 0 Å². The highest BCUT2D eigenvalue weighted by Crippen LogP contribution is 2.25. The van der Waals surface area contributed by atoms with Gasteiger partial charge in [-0.15, -0.1) is 0 Å². The normalized spacial score (nSPS) is 10.6. The van der Waals surface area contributed by atoms with Gasteiger partial charge in [0.25, 0.3) is 0 Å². The fourth-order valence-corrected chi connectivity index (χ4v) is 2.37. The highest BCUT2D eigenvalue weighted by Gasteiger charge is 2.12. The van der Waals surface area contributed by atoms with Crippen LogP contribution in [0, 0.1) is 13.8 Å². The van der Waals surface area contributed by atoms with E-state index in [-0.39, 0.29) is 0 Å². The summed E-state index contributed by atoms with van der Waals surface area (Å²) in [5, 5.41) is 7.00. The van der Waals surface area contributed by atoms with Crippen LogP contribution < -0.4 is 10.2 Å². The molecule has 3 aromatic rings. The third kappa shape index (κ3) is 3.48. The predicted octanol–water partition coefficient (Wildman–Crippen LogP) is 3.98. The molecule has 0 bridgehead atoms. The fraction of sp³-hybridized carbons (Fsp3) is 0.235. The van der Waals surface area contributed by atoms with E-state index < -0.39 is 0 Å². The molecule has 0 fully saturated rings. The molecule has 0 spiro atoms. The Morgan fingerprint density at radius 2 is 1.87 bits per heavy atom. The van der Waals surface area contributed by atoms with E-state index in [1.807, 2.05) is 38.1 Å². The molecule has 118 valence electrons. The lowest BCUT2D eigenvalue weighted by atomic mass is 10.2. The zero-order valence-electron chi connectivity index (χ0n) is 13.4. The van der Waals surface area contributed by atoms with Crippen molar-refractivity contribution in [1.82, 2.24) is 15.1 Å².